The Balaban J connectivity index is 2.77. The number of hydrogen-bond donors (Lipinski definition) is 2. The van der Waals surface area contributed by atoms with Gasteiger partial charge in [0.2, 0.25) is 5.91 Å². The highest BCUT2D eigenvalue weighted by Gasteiger charge is 2.20. The van der Waals surface area contributed by atoms with E-state index in [4.69, 9.17) is 21.4 Å². The Morgan fingerprint density at radius 1 is 1.50 bits per heavy atom. The number of carboxylic acid groups (broad SMARTS) is 1. The van der Waals surface area contributed by atoms with E-state index in [0.29, 0.717) is 23.1 Å². The maximum absolute atomic E-state index is 11.5. The first-order valence-electron chi connectivity index (χ1n) is 5.41. The summed E-state index contributed by atoms with van der Waals surface area (Å²) >= 11 is 5.94. The summed E-state index contributed by atoms with van der Waals surface area (Å²) in [5, 5.41) is 11.5. The summed E-state index contributed by atoms with van der Waals surface area (Å²) in [6, 6.07) is 4.73. The zero-order valence-electron chi connectivity index (χ0n) is 10.1. The van der Waals surface area contributed by atoms with Gasteiger partial charge in [0, 0.05) is 5.69 Å². The Morgan fingerprint density at radius 3 is 2.67 bits per heavy atom. The minimum absolute atomic E-state index is 0.359. The van der Waals surface area contributed by atoms with Crippen LogP contribution in [0.3, 0.4) is 0 Å². The van der Waals surface area contributed by atoms with E-state index in [2.05, 4.69) is 5.32 Å². The summed E-state index contributed by atoms with van der Waals surface area (Å²) in [4.78, 5) is 22.1. The van der Waals surface area contributed by atoms with Gasteiger partial charge in [-0.2, -0.15) is 0 Å². The molecule has 18 heavy (non-hydrogen) atoms. The molecular formula is C12H14ClNO4. The second kappa shape index (κ2) is 6.26. The van der Waals surface area contributed by atoms with Crippen LogP contribution in [-0.4, -0.2) is 23.6 Å². The van der Waals surface area contributed by atoms with Crippen LogP contribution in [0.4, 0.5) is 5.69 Å². The van der Waals surface area contributed by atoms with Crippen LogP contribution in [0, 0.1) is 5.92 Å². The molecule has 0 aromatic heterocycles. The molecule has 0 saturated heterocycles. The van der Waals surface area contributed by atoms with Gasteiger partial charge in [0.25, 0.3) is 0 Å². The molecule has 6 heteroatoms. The SMILES string of the molecule is CCOc1ccc(NC(=O)C(C)C(=O)O)cc1Cl. The highest BCUT2D eigenvalue weighted by molar-refractivity contribution is 6.32. The van der Waals surface area contributed by atoms with E-state index in [1.165, 1.54) is 13.0 Å². The predicted molar refractivity (Wildman–Crippen MR) is 68.1 cm³/mol. The van der Waals surface area contributed by atoms with Crippen LogP contribution in [0.2, 0.25) is 5.02 Å². The van der Waals surface area contributed by atoms with Gasteiger partial charge in [-0.05, 0) is 32.0 Å². The van der Waals surface area contributed by atoms with Gasteiger partial charge < -0.3 is 15.2 Å². The van der Waals surface area contributed by atoms with E-state index in [9.17, 15) is 9.59 Å². The minimum Gasteiger partial charge on any atom is -0.492 e. The number of benzene rings is 1. The molecule has 0 saturated carbocycles. The van der Waals surface area contributed by atoms with Gasteiger partial charge in [-0.1, -0.05) is 11.6 Å². The molecule has 1 aromatic carbocycles. The molecule has 1 rings (SSSR count). The molecule has 1 atom stereocenters. The average Bonchev–Trinajstić information content (AvgIpc) is 2.31. The Morgan fingerprint density at radius 2 is 2.17 bits per heavy atom. The number of aliphatic carboxylic acids is 1. The number of halogens is 1. The summed E-state index contributed by atoms with van der Waals surface area (Å²) in [5.74, 6) is -2.37. The van der Waals surface area contributed by atoms with Crippen molar-refractivity contribution in [3.05, 3.63) is 23.2 Å². The van der Waals surface area contributed by atoms with E-state index < -0.39 is 17.8 Å². The Kier molecular flexibility index (Phi) is 4.97. The van der Waals surface area contributed by atoms with Crippen molar-refractivity contribution in [3.8, 4) is 5.75 Å². The van der Waals surface area contributed by atoms with Gasteiger partial charge in [0.05, 0.1) is 11.6 Å². The van der Waals surface area contributed by atoms with Crippen molar-refractivity contribution < 1.29 is 19.4 Å². The molecule has 1 amide bonds. The molecule has 0 heterocycles. The van der Waals surface area contributed by atoms with Crippen LogP contribution in [0.25, 0.3) is 0 Å². The topological polar surface area (TPSA) is 75.6 Å². The van der Waals surface area contributed by atoms with Gasteiger partial charge in [0.15, 0.2) is 0 Å². The molecular weight excluding hydrogens is 258 g/mol. The molecule has 0 radical (unpaired) electrons. The maximum Gasteiger partial charge on any atom is 0.315 e. The minimum atomic E-state index is -1.18. The molecule has 1 unspecified atom stereocenters. The number of anilines is 1. The van der Waals surface area contributed by atoms with Crippen molar-refractivity contribution in [3.63, 3.8) is 0 Å². The Hall–Kier alpha value is -1.75. The average molecular weight is 272 g/mol. The number of rotatable bonds is 5. The quantitative estimate of drug-likeness (QED) is 0.807. The lowest BCUT2D eigenvalue weighted by Gasteiger charge is -2.10. The van der Waals surface area contributed by atoms with Gasteiger partial charge in [-0.3, -0.25) is 9.59 Å². The normalized spacial score (nSPS) is 11.7. The number of carboxylic acids is 1. The zero-order chi connectivity index (χ0) is 13.7. The first kappa shape index (κ1) is 14.3. The summed E-state index contributed by atoms with van der Waals surface area (Å²) in [6.45, 7) is 3.63. The predicted octanol–water partition coefficient (Wildman–Crippen LogP) is 2.40. The molecule has 2 N–H and O–H groups in total. The van der Waals surface area contributed by atoms with Crippen LogP contribution in [-0.2, 0) is 9.59 Å². The fourth-order valence-corrected chi connectivity index (χ4v) is 1.45. The van der Waals surface area contributed by atoms with Crippen LogP contribution in [0.5, 0.6) is 5.75 Å². The highest BCUT2D eigenvalue weighted by Crippen LogP contribution is 2.27. The molecule has 98 valence electrons. The molecule has 1 aromatic rings. The van der Waals surface area contributed by atoms with E-state index in [0.717, 1.165) is 0 Å². The third-order valence-electron chi connectivity index (χ3n) is 2.26. The summed E-state index contributed by atoms with van der Waals surface area (Å²) in [6.07, 6.45) is 0. The molecule has 0 spiro atoms. The van der Waals surface area contributed by atoms with Crippen molar-refractivity contribution in [1.29, 1.82) is 0 Å². The lowest BCUT2D eigenvalue weighted by atomic mass is 10.1. The number of amides is 1. The largest absolute Gasteiger partial charge is 0.492 e. The second-order valence-corrected chi connectivity index (χ2v) is 4.03. The standard InChI is InChI=1S/C12H14ClNO4/c1-3-18-10-5-4-8(6-9(10)13)14-11(15)7(2)12(16)17/h4-7H,3H2,1-2H3,(H,14,15)(H,16,17). The fourth-order valence-electron chi connectivity index (χ4n) is 1.21. The van der Waals surface area contributed by atoms with Gasteiger partial charge >= 0.3 is 5.97 Å². The molecule has 0 bridgehead atoms. The van der Waals surface area contributed by atoms with Crippen LogP contribution < -0.4 is 10.1 Å². The smallest absolute Gasteiger partial charge is 0.315 e. The van der Waals surface area contributed by atoms with Crippen molar-refractivity contribution in [2.24, 2.45) is 5.92 Å². The first-order chi connectivity index (χ1) is 8.45. The highest BCUT2D eigenvalue weighted by atomic mass is 35.5. The Labute approximate surface area is 110 Å². The molecule has 0 aliphatic heterocycles. The summed E-state index contributed by atoms with van der Waals surface area (Å²) < 4.78 is 5.24. The lowest BCUT2D eigenvalue weighted by Crippen LogP contribution is -2.26. The van der Waals surface area contributed by atoms with Crippen molar-refractivity contribution in [2.45, 2.75) is 13.8 Å². The fraction of sp³-hybridized carbons (Fsp3) is 0.333. The van der Waals surface area contributed by atoms with Gasteiger partial charge in [-0.15, -0.1) is 0 Å². The van der Waals surface area contributed by atoms with E-state index in [1.807, 2.05) is 6.92 Å². The van der Waals surface area contributed by atoms with E-state index in [1.54, 1.807) is 12.1 Å². The monoisotopic (exact) mass is 271 g/mol. The first-order valence-corrected chi connectivity index (χ1v) is 5.79. The third-order valence-corrected chi connectivity index (χ3v) is 2.56. The molecule has 0 aliphatic rings. The Bertz CT molecular complexity index is 461. The van der Waals surface area contributed by atoms with Crippen molar-refractivity contribution in [1.82, 2.24) is 0 Å². The third kappa shape index (κ3) is 3.63. The summed E-state index contributed by atoms with van der Waals surface area (Å²) in [5.41, 5.74) is 0.432. The van der Waals surface area contributed by atoms with Crippen LogP contribution >= 0.6 is 11.6 Å². The second-order valence-electron chi connectivity index (χ2n) is 3.63. The maximum atomic E-state index is 11.5. The number of ether oxygens (including phenoxy) is 1. The number of carbonyl (C=O) groups is 2. The van der Waals surface area contributed by atoms with Crippen LogP contribution in [0.15, 0.2) is 18.2 Å². The summed E-state index contributed by atoms with van der Waals surface area (Å²) in [7, 11) is 0. The van der Waals surface area contributed by atoms with Crippen molar-refractivity contribution >= 4 is 29.2 Å². The molecule has 0 fully saturated rings. The number of hydrogen-bond acceptors (Lipinski definition) is 3. The van der Waals surface area contributed by atoms with Gasteiger partial charge in [-0.25, -0.2) is 0 Å². The van der Waals surface area contributed by atoms with E-state index >= 15 is 0 Å². The number of carbonyl (C=O) groups excluding carboxylic acids is 1. The van der Waals surface area contributed by atoms with E-state index in [-0.39, 0.29) is 0 Å². The van der Waals surface area contributed by atoms with Crippen LogP contribution in [0.1, 0.15) is 13.8 Å². The number of nitrogens with one attached hydrogen (secondary N) is 1. The molecule has 0 aliphatic carbocycles. The van der Waals surface area contributed by atoms with Crippen molar-refractivity contribution in [2.75, 3.05) is 11.9 Å². The zero-order valence-corrected chi connectivity index (χ0v) is 10.8. The van der Waals surface area contributed by atoms with Gasteiger partial charge in [0.1, 0.15) is 11.7 Å². The lowest BCUT2D eigenvalue weighted by molar-refractivity contribution is -0.144. The molecule has 5 nitrogen and oxygen atoms in total.